The van der Waals surface area contributed by atoms with Gasteiger partial charge in [-0.1, -0.05) is 0 Å². The molecule has 4 rings (SSSR count). The third-order valence-electron chi connectivity index (χ3n) is 5.32. The summed E-state index contributed by atoms with van der Waals surface area (Å²) < 4.78 is 8.43. The zero-order chi connectivity index (χ0) is 14.1. The van der Waals surface area contributed by atoms with Gasteiger partial charge in [-0.2, -0.15) is 0 Å². The molecule has 3 saturated heterocycles. The van der Waals surface area contributed by atoms with E-state index in [0.29, 0.717) is 18.1 Å². The number of imidazole rings is 1. The molecule has 5 heteroatoms. The van der Waals surface area contributed by atoms with E-state index in [0.717, 1.165) is 32.8 Å². The van der Waals surface area contributed by atoms with Gasteiger partial charge in [0.05, 0.1) is 25.6 Å². The Kier molecular flexibility index (Phi) is 3.97. The highest BCUT2D eigenvalue weighted by molar-refractivity contribution is 5.08. The van der Waals surface area contributed by atoms with Crippen molar-refractivity contribution < 1.29 is 4.74 Å². The second-order valence-corrected chi connectivity index (χ2v) is 6.76. The third kappa shape index (κ3) is 2.87. The number of nitrogens with zero attached hydrogens (tertiary/aromatic N) is 3. The smallest absolute Gasteiger partial charge is 0.0949 e. The van der Waals surface area contributed by atoms with E-state index in [1.807, 2.05) is 6.33 Å². The Morgan fingerprint density at radius 1 is 1.33 bits per heavy atom. The predicted octanol–water partition coefficient (Wildman–Crippen LogP) is 1.21. The first kappa shape index (κ1) is 13.7. The van der Waals surface area contributed by atoms with Crippen LogP contribution in [0.3, 0.4) is 0 Å². The average molecular weight is 290 g/mol. The minimum atomic E-state index is 0.323. The number of piperidine rings is 1. The van der Waals surface area contributed by atoms with Crippen molar-refractivity contribution in [1.82, 2.24) is 19.8 Å². The van der Waals surface area contributed by atoms with Crippen LogP contribution in [0.1, 0.15) is 37.3 Å². The van der Waals surface area contributed by atoms with Crippen LogP contribution in [0.2, 0.25) is 0 Å². The van der Waals surface area contributed by atoms with Crippen LogP contribution in [0.15, 0.2) is 12.5 Å². The molecule has 3 fully saturated rings. The van der Waals surface area contributed by atoms with Gasteiger partial charge in [0.1, 0.15) is 0 Å². The molecular formula is C16H26N4O. The second kappa shape index (κ2) is 6.07. The molecule has 3 aliphatic heterocycles. The van der Waals surface area contributed by atoms with Crippen molar-refractivity contribution in [3.63, 3.8) is 0 Å². The molecule has 5 nitrogen and oxygen atoms in total. The van der Waals surface area contributed by atoms with Crippen molar-refractivity contribution in [2.75, 3.05) is 32.8 Å². The normalized spacial score (nSPS) is 34.0. The van der Waals surface area contributed by atoms with Gasteiger partial charge in [0, 0.05) is 36.9 Å². The van der Waals surface area contributed by atoms with E-state index in [2.05, 4.69) is 26.0 Å². The third-order valence-corrected chi connectivity index (χ3v) is 5.32. The summed E-state index contributed by atoms with van der Waals surface area (Å²) in [5.74, 6) is 0.615. The number of aromatic nitrogens is 2. The molecule has 21 heavy (non-hydrogen) atoms. The van der Waals surface area contributed by atoms with Crippen LogP contribution in [-0.4, -0.2) is 59.4 Å². The fraction of sp³-hybridized carbons (Fsp3) is 0.812. The Balaban J connectivity index is 1.41. The summed E-state index contributed by atoms with van der Waals surface area (Å²) in [6.07, 6.45) is 9.57. The van der Waals surface area contributed by atoms with Gasteiger partial charge in [0.15, 0.2) is 0 Å². The van der Waals surface area contributed by atoms with Gasteiger partial charge in [-0.3, -0.25) is 4.90 Å². The highest BCUT2D eigenvalue weighted by Crippen LogP contribution is 2.26. The fourth-order valence-corrected chi connectivity index (χ4v) is 4.14. The van der Waals surface area contributed by atoms with Crippen molar-refractivity contribution in [3.05, 3.63) is 18.2 Å². The van der Waals surface area contributed by atoms with Gasteiger partial charge >= 0.3 is 0 Å². The molecule has 0 radical (unpaired) electrons. The molecule has 0 aromatic carbocycles. The molecule has 0 bridgehead atoms. The van der Waals surface area contributed by atoms with E-state index in [9.17, 15) is 0 Å². The molecule has 0 amide bonds. The Bertz CT molecular complexity index is 469. The van der Waals surface area contributed by atoms with E-state index in [-0.39, 0.29) is 0 Å². The molecule has 3 unspecified atom stereocenters. The SMILES string of the molecule is c1ncn(CC2CN3CCCC3CO2)c1C1CCCNC1. The lowest BCUT2D eigenvalue weighted by Crippen LogP contribution is -2.47. The highest BCUT2D eigenvalue weighted by atomic mass is 16.5. The molecule has 4 heterocycles. The van der Waals surface area contributed by atoms with Crippen LogP contribution in [0.5, 0.6) is 0 Å². The first-order chi connectivity index (χ1) is 10.4. The number of hydrogen-bond donors (Lipinski definition) is 1. The van der Waals surface area contributed by atoms with Crippen LogP contribution >= 0.6 is 0 Å². The molecular weight excluding hydrogens is 264 g/mol. The Morgan fingerprint density at radius 3 is 3.24 bits per heavy atom. The lowest BCUT2D eigenvalue weighted by Gasteiger charge is -2.35. The highest BCUT2D eigenvalue weighted by Gasteiger charge is 2.32. The van der Waals surface area contributed by atoms with Gasteiger partial charge < -0.3 is 14.6 Å². The summed E-state index contributed by atoms with van der Waals surface area (Å²) in [5.41, 5.74) is 1.38. The number of fused-ring (bicyclic) bond motifs is 1. The van der Waals surface area contributed by atoms with Crippen molar-refractivity contribution in [2.45, 2.75) is 50.3 Å². The van der Waals surface area contributed by atoms with Crippen LogP contribution < -0.4 is 5.32 Å². The summed E-state index contributed by atoms with van der Waals surface area (Å²) in [4.78, 5) is 7.01. The van der Waals surface area contributed by atoms with Crippen LogP contribution in [0.4, 0.5) is 0 Å². The van der Waals surface area contributed by atoms with Gasteiger partial charge in [-0.15, -0.1) is 0 Å². The molecule has 3 atom stereocenters. The second-order valence-electron chi connectivity index (χ2n) is 6.76. The lowest BCUT2D eigenvalue weighted by molar-refractivity contribution is -0.0555. The standard InChI is InChI=1S/C16H26N4O/c1-3-13(7-17-5-1)16-8-18-12-20(16)10-15-9-19-6-2-4-14(19)11-21-15/h8,12-15,17H,1-7,9-11H2. The molecule has 1 N–H and O–H groups in total. The number of morpholine rings is 1. The van der Waals surface area contributed by atoms with Crippen molar-refractivity contribution >= 4 is 0 Å². The van der Waals surface area contributed by atoms with Crippen molar-refractivity contribution in [3.8, 4) is 0 Å². The minimum Gasteiger partial charge on any atom is -0.373 e. The largest absolute Gasteiger partial charge is 0.373 e. The maximum absolute atomic E-state index is 6.10. The molecule has 1 aromatic rings. The van der Waals surface area contributed by atoms with Gasteiger partial charge in [-0.25, -0.2) is 4.98 Å². The number of rotatable bonds is 3. The van der Waals surface area contributed by atoms with E-state index in [1.54, 1.807) is 0 Å². The number of nitrogens with one attached hydrogen (secondary N) is 1. The Hall–Kier alpha value is -0.910. The molecule has 0 aliphatic carbocycles. The first-order valence-corrected chi connectivity index (χ1v) is 8.46. The van der Waals surface area contributed by atoms with Crippen LogP contribution in [0, 0.1) is 0 Å². The predicted molar refractivity (Wildman–Crippen MR) is 81.4 cm³/mol. The average Bonchev–Trinajstić information content (AvgIpc) is 3.16. The van der Waals surface area contributed by atoms with Gasteiger partial charge in [0.2, 0.25) is 0 Å². The fourth-order valence-electron chi connectivity index (χ4n) is 4.14. The van der Waals surface area contributed by atoms with Crippen molar-refractivity contribution in [1.29, 1.82) is 0 Å². The molecule has 0 saturated carbocycles. The topological polar surface area (TPSA) is 42.3 Å². The summed E-state index contributed by atoms with van der Waals surface area (Å²) >= 11 is 0. The monoisotopic (exact) mass is 290 g/mol. The van der Waals surface area contributed by atoms with Gasteiger partial charge in [0.25, 0.3) is 0 Å². The van der Waals surface area contributed by atoms with Crippen molar-refractivity contribution in [2.24, 2.45) is 0 Å². The summed E-state index contributed by atoms with van der Waals surface area (Å²) in [5, 5.41) is 3.50. The van der Waals surface area contributed by atoms with E-state index in [1.165, 1.54) is 37.9 Å². The van der Waals surface area contributed by atoms with E-state index in [4.69, 9.17) is 4.74 Å². The molecule has 1 aromatic heterocycles. The Labute approximate surface area is 126 Å². The molecule has 3 aliphatic rings. The quantitative estimate of drug-likeness (QED) is 0.909. The van der Waals surface area contributed by atoms with Crippen LogP contribution in [-0.2, 0) is 11.3 Å². The Morgan fingerprint density at radius 2 is 2.33 bits per heavy atom. The molecule has 0 spiro atoms. The summed E-state index contributed by atoms with van der Waals surface area (Å²) in [7, 11) is 0. The number of hydrogen-bond acceptors (Lipinski definition) is 4. The maximum atomic E-state index is 6.10. The zero-order valence-corrected chi connectivity index (χ0v) is 12.7. The van der Waals surface area contributed by atoms with E-state index < -0.39 is 0 Å². The summed E-state index contributed by atoms with van der Waals surface area (Å²) in [6.45, 7) is 6.46. The molecule has 116 valence electrons. The lowest BCUT2D eigenvalue weighted by atomic mass is 9.96. The van der Waals surface area contributed by atoms with Crippen LogP contribution in [0.25, 0.3) is 0 Å². The van der Waals surface area contributed by atoms with E-state index >= 15 is 0 Å². The number of ether oxygens (including phenoxy) is 1. The maximum Gasteiger partial charge on any atom is 0.0949 e. The van der Waals surface area contributed by atoms with Gasteiger partial charge in [-0.05, 0) is 38.8 Å². The zero-order valence-electron chi connectivity index (χ0n) is 12.7. The first-order valence-electron chi connectivity index (χ1n) is 8.46. The summed E-state index contributed by atoms with van der Waals surface area (Å²) in [6, 6.07) is 0.686. The minimum absolute atomic E-state index is 0.323.